The number of esters is 1. The van der Waals surface area contributed by atoms with Crippen molar-refractivity contribution in [2.24, 2.45) is 0 Å². The average molecular weight is 306 g/mol. The number of methoxy groups -OCH3 is 1. The molecule has 0 bridgehead atoms. The van der Waals surface area contributed by atoms with E-state index in [-0.39, 0.29) is 16.4 Å². The molecule has 1 atom stereocenters. The van der Waals surface area contributed by atoms with Gasteiger partial charge in [0.15, 0.2) is 0 Å². The summed E-state index contributed by atoms with van der Waals surface area (Å²) in [4.78, 5) is 22.1. The smallest absolute Gasteiger partial charge is 0.339 e. The van der Waals surface area contributed by atoms with Crippen LogP contribution in [0.5, 0.6) is 0 Å². The number of hydrogen-bond donors (Lipinski definition) is 0. The van der Waals surface area contributed by atoms with Crippen LogP contribution in [-0.4, -0.2) is 18.9 Å². The number of rotatable bonds is 3. The van der Waals surface area contributed by atoms with Gasteiger partial charge in [0.1, 0.15) is 5.78 Å². The van der Waals surface area contributed by atoms with Gasteiger partial charge < -0.3 is 4.74 Å². The first kappa shape index (κ1) is 13.2. The highest BCUT2D eigenvalue weighted by Crippen LogP contribution is 2.32. The molecule has 0 aliphatic heterocycles. The molecule has 16 heavy (non-hydrogen) atoms. The largest absolute Gasteiger partial charge is 0.465 e. The second-order valence-corrected chi connectivity index (χ2v) is 4.47. The summed E-state index contributed by atoms with van der Waals surface area (Å²) in [6.07, 6.45) is 0. The van der Waals surface area contributed by atoms with Gasteiger partial charge in [0.25, 0.3) is 0 Å². The first-order chi connectivity index (χ1) is 7.49. The van der Waals surface area contributed by atoms with Crippen molar-refractivity contribution in [1.29, 1.82) is 0 Å². The molecule has 0 saturated heterocycles. The molecular formula is C11H10BrClO3. The van der Waals surface area contributed by atoms with Crippen molar-refractivity contribution in [3.05, 3.63) is 34.3 Å². The predicted octanol–water partition coefficient (Wildman–Crippen LogP) is 3.15. The molecule has 1 aromatic rings. The molecule has 1 unspecified atom stereocenters. The van der Waals surface area contributed by atoms with E-state index in [1.165, 1.54) is 14.0 Å². The monoisotopic (exact) mass is 304 g/mol. The summed E-state index contributed by atoms with van der Waals surface area (Å²) >= 11 is 9.26. The lowest BCUT2D eigenvalue weighted by Gasteiger charge is -2.11. The minimum atomic E-state index is -0.518. The molecule has 1 rings (SSSR count). The Labute approximate surface area is 107 Å². The zero-order chi connectivity index (χ0) is 12.3. The van der Waals surface area contributed by atoms with Crippen molar-refractivity contribution in [2.45, 2.75) is 11.8 Å². The van der Waals surface area contributed by atoms with Crippen molar-refractivity contribution in [1.82, 2.24) is 0 Å². The fraction of sp³-hybridized carbons (Fsp3) is 0.273. The molecule has 0 saturated carbocycles. The van der Waals surface area contributed by atoms with Gasteiger partial charge in [-0.25, -0.2) is 4.79 Å². The fourth-order valence-electron chi connectivity index (χ4n) is 1.23. The third-order valence-corrected chi connectivity index (χ3v) is 3.62. The summed E-state index contributed by atoms with van der Waals surface area (Å²) in [6, 6.07) is 4.90. The third kappa shape index (κ3) is 2.62. The molecule has 0 heterocycles. The Bertz CT molecular complexity index is 431. The van der Waals surface area contributed by atoms with Crippen molar-refractivity contribution >= 4 is 39.3 Å². The Morgan fingerprint density at radius 1 is 1.44 bits per heavy atom. The van der Waals surface area contributed by atoms with Gasteiger partial charge in [0.2, 0.25) is 0 Å². The minimum Gasteiger partial charge on any atom is -0.465 e. The highest BCUT2D eigenvalue weighted by molar-refractivity contribution is 9.09. The quantitative estimate of drug-likeness (QED) is 0.636. The Hall–Kier alpha value is -0.870. The molecule has 3 nitrogen and oxygen atoms in total. The highest BCUT2D eigenvalue weighted by atomic mass is 79.9. The van der Waals surface area contributed by atoms with Crippen LogP contribution in [-0.2, 0) is 9.53 Å². The van der Waals surface area contributed by atoms with E-state index < -0.39 is 10.8 Å². The number of alkyl halides is 1. The van der Waals surface area contributed by atoms with E-state index in [0.717, 1.165) is 0 Å². The molecule has 86 valence electrons. The zero-order valence-electron chi connectivity index (χ0n) is 8.79. The molecule has 0 fully saturated rings. The number of Topliss-reactive ketones (excluding diaryl/α,β-unsaturated/α-hetero) is 1. The Balaban J connectivity index is 3.23. The summed E-state index contributed by atoms with van der Waals surface area (Å²) in [5.41, 5.74) is 0.824. The van der Waals surface area contributed by atoms with Crippen LogP contribution in [0, 0.1) is 0 Å². The molecule has 0 aromatic heterocycles. The number of halogens is 2. The molecule has 0 aliphatic rings. The standard InChI is InChI=1S/C11H10BrClO3/c1-6(14)9(12)7-4-3-5-8(10(7)13)11(15)16-2/h3-5,9H,1-2H3. The Kier molecular flexibility index (Phi) is 4.50. The first-order valence-corrected chi connectivity index (χ1v) is 5.79. The molecule has 0 radical (unpaired) electrons. The van der Waals surface area contributed by atoms with Gasteiger partial charge in [0, 0.05) is 0 Å². The number of ether oxygens (including phenoxy) is 1. The number of ketones is 1. The van der Waals surface area contributed by atoms with E-state index in [1.807, 2.05) is 0 Å². The fourth-order valence-corrected chi connectivity index (χ4v) is 2.06. The van der Waals surface area contributed by atoms with Crippen LogP contribution in [0.1, 0.15) is 27.7 Å². The maximum Gasteiger partial charge on any atom is 0.339 e. The Morgan fingerprint density at radius 3 is 2.56 bits per heavy atom. The van der Waals surface area contributed by atoms with Gasteiger partial charge in [-0.3, -0.25) is 4.79 Å². The van der Waals surface area contributed by atoms with Gasteiger partial charge >= 0.3 is 5.97 Å². The number of carbonyl (C=O) groups is 2. The molecule has 1 aromatic carbocycles. The van der Waals surface area contributed by atoms with Crippen molar-refractivity contribution in [2.75, 3.05) is 7.11 Å². The van der Waals surface area contributed by atoms with Crippen LogP contribution in [0.15, 0.2) is 18.2 Å². The lowest BCUT2D eigenvalue weighted by Crippen LogP contribution is -2.07. The second kappa shape index (κ2) is 5.46. The van der Waals surface area contributed by atoms with Crippen LogP contribution in [0.4, 0.5) is 0 Å². The van der Waals surface area contributed by atoms with Gasteiger partial charge in [-0.1, -0.05) is 39.7 Å². The summed E-state index contributed by atoms with van der Waals surface area (Å²) < 4.78 is 4.59. The van der Waals surface area contributed by atoms with E-state index in [2.05, 4.69) is 20.7 Å². The molecular weight excluding hydrogens is 295 g/mol. The highest BCUT2D eigenvalue weighted by Gasteiger charge is 2.20. The lowest BCUT2D eigenvalue weighted by molar-refractivity contribution is -0.116. The SMILES string of the molecule is COC(=O)c1cccc(C(Br)C(C)=O)c1Cl. The number of hydrogen-bond acceptors (Lipinski definition) is 3. The topological polar surface area (TPSA) is 43.4 Å². The second-order valence-electron chi connectivity index (χ2n) is 3.17. The van der Waals surface area contributed by atoms with Crippen molar-refractivity contribution < 1.29 is 14.3 Å². The molecule has 0 spiro atoms. The van der Waals surface area contributed by atoms with Crippen LogP contribution in [0.2, 0.25) is 5.02 Å². The summed E-state index contributed by atoms with van der Waals surface area (Å²) in [6.45, 7) is 1.45. The Morgan fingerprint density at radius 2 is 2.06 bits per heavy atom. The molecule has 0 aliphatic carbocycles. The number of carbonyl (C=O) groups excluding carboxylic acids is 2. The third-order valence-electron chi connectivity index (χ3n) is 2.06. The van der Waals surface area contributed by atoms with Crippen LogP contribution in [0.3, 0.4) is 0 Å². The van der Waals surface area contributed by atoms with E-state index in [4.69, 9.17) is 11.6 Å². The number of benzene rings is 1. The minimum absolute atomic E-state index is 0.0797. The van der Waals surface area contributed by atoms with E-state index in [0.29, 0.717) is 5.56 Å². The maximum atomic E-state index is 11.4. The van der Waals surface area contributed by atoms with Crippen molar-refractivity contribution in [3.8, 4) is 0 Å². The van der Waals surface area contributed by atoms with Crippen molar-refractivity contribution in [3.63, 3.8) is 0 Å². The van der Waals surface area contributed by atoms with Gasteiger partial charge in [-0.15, -0.1) is 0 Å². The molecule has 5 heteroatoms. The molecule has 0 amide bonds. The maximum absolute atomic E-state index is 11.4. The van der Waals surface area contributed by atoms with E-state index >= 15 is 0 Å². The first-order valence-electron chi connectivity index (χ1n) is 4.50. The molecule has 0 N–H and O–H groups in total. The zero-order valence-corrected chi connectivity index (χ0v) is 11.1. The van der Waals surface area contributed by atoms with E-state index in [1.54, 1.807) is 18.2 Å². The lowest BCUT2D eigenvalue weighted by atomic mass is 10.1. The predicted molar refractivity (Wildman–Crippen MR) is 65.1 cm³/mol. The summed E-state index contributed by atoms with van der Waals surface area (Å²) in [5.74, 6) is -0.598. The van der Waals surface area contributed by atoms with Crippen LogP contribution >= 0.6 is 27.5 Å². The normalized spacial score (nSPS) is 12.0. The summed E-state index contributed by atoms with van der Waals surface area (Å²) in [7, 11) is 1.28. The van der Waals surface area contributed by atoms with Gasteiger partial charge in [-0.2, -0.15) is 0 Å². The van der Waals surface area contributed by atoms with E-state index in [9.17, 15) is 9.59 Å². The average Bonchev–Trinajstić information content (AvgIpc) is 2.27. The van der Waals surface area contributed by atoms with Crippen LogP contribution in [0.25, 0.3) is 0 Å². The van der Waals surface area contributed by atoms with Crippen LogP contribution < -0.4 is 0 Å². The van der Waals surface area contributed by atoms with Gasteiger partial charge in [0.05, 0.1) is 22.5 Å². The summed E-state index contributed by atoms with van der Waals surface area (Å²) in [5, 5.41) is 0.242. The van der Waals surface area contributed by atoms with Gasteiger partial charge in [-0.05, 0) is 18.6 Å².